The molecule has 0 fully saturated rings. The molecule has 0 saturated heterocycles. The maximum Gasteiger partial charge on any atom is 0.253 e. The number of hydrazone groups is 1. The van der Waals surface area contributed by atoms with Crippen molar-refractivity contribution >= 4 is 34.4 Å². The highest BCUT2D eigenvalue weighted by atomic mass is 15.3. The number of nitriles is 1. The van der Waals surface area contributed by atoms with Crippen LogP contribution in [-0.2, 0) is 12.8 Å². The first-order chi connectivity index (χ1) is 15.6. The third-order valence-corrected chi connectivity index (χ3v) is 6.50. The molecule has 4 aromatic rings. The summed E-state index contributed by atoms with van der Waals surface area (Å²) < 4.78 is 2.08. The number of aryl methyl sites for hydroxylation is 1. The largest absolute Gasteiger partial charge is 0.374 e. The molecule has 160 valence electrons. The molecule has 2 aromatic carbocycles. The number of rotatable bonds is 4. The molecule has 0 amide bonds. The van der Waals surface area contributed by atoms with Crippen LogP contribution in [0.25, 0.3) is 16.7 Å². The lowest BCUT2D eigenvalue weighted by Gasteiger charge is -2.27. The summed E-state index contributed by atoms with van der Waals surface area (Å²) in [6.45, 7) is 5.23. The Balaban J connectivity index is 1.59. The Hall–Kier alpha value is -3.85. The molecule has 6 nitrogen and oxygen atoms in total. The minimum atomic E-state index is 0.673. The fraction of sp³-hybridized carbons (Fsp3) is 0.269. The summed E-state index contributed by atoms with van der Waals surface area (Å²) in [4.78, 5) is 5.74. The lowest BCUT2D eigenvalue weighted by molar-refractivity contribution is -0.465. The summed E-state index contributed by atoms with van der Waals surface area (Å²) in [5, 5.41) is 14.5. The molecule has 6 heteroatoms. The van der Waals surface area contributed by atoms with Crippen molar-refractivity contribution in [3.63, 3.8) is 0 Å². The van der Waals surface area contributed by atoms with E-state index < -0.39 is 0 Å². The van der Waals surface area contributed by atoms with Gasteiger partial charge in [0.15, 0.2) is 0 Å². The van der Waals surface area contributed by atoms with Crippen molar-refractivity contribution in [2.45, 2.75) is 33.1 Å². The number of para-hydroxylation sites is 2. The Labute approximate surface area is 187 Å². The molecule has 2 aromatic heterocycles. The highest BCUT2D eigenvalue weighted by Crippen LogP contribution is 2.27. The minimum Gasteiger partial charge on any atom is -0.374 e. The lowest BCUT2D eigenvalue weighted by atomic mass is 10.00. The maximum atomic E-state index is 9.86. The van der Waals surface area contributed by atoms with Crippen LogP contribution in [0.1, 0.15) is 41.2 Å². The molecule has 5 rings (SSSR count). The highest BCUT2D eigenvalue weighted by Gasteiger charge is 2.24. The predicted octanol–water partition coefficient (Wildman–Crippen LogP) is 4.48. The molecule has 1 aliphatic rings. The summed E-state index contributed by atoms with van der Waals surface area (Å²) in [5.74, 6) is 0.894. The van der Waals surface area contributed by atoms with Crippen LogP contribution in [0, 0.1) is 18.3 Å². The van der Waals surface area contributed by atoms with Crippen molar-refractivity contribution in [2.24, 2.45) is 5.10 Å². The fourth-order valence-corrected chi connectivity index (χ4v) is 4.87. The second-order valence-electron chi connectivity index (χ2n) is 8.40. The van der Waals surface area contributed by atoms with Crippen molar-refractivity contribution in [2.75, 3.05) is 23.9 Å². The third-order valence-electron chi connectivity index (χ3n) is 6.50. The molecule has 0 saturated carbocycles. The average molecular weight is 424 g/mol. The molecule has 0 atom stereocenters. The molecule has 0 bridgehead atoms. The molecule has 0 radical (unpaired) electrons. The molecule has 3 heterocycles. The van der Waals surface area contributed by atoms with Gasteiger partial charge >= 0.3 is 0 Å². The Morgan fingerprint density at radius 3 is 2.94 bits per heavy atom. The molecular weight excluding hydrogens is 396 g/mol. The van der Waals surface area contributed by atoms with Gasteiger partial charge in [0.25, 0.3) is 5.82 Å². The number of aromatic amines is 1. The first-order valence-electron chi connectivity index (χ1n) is 11.1. The topological polar surface area (TPSA) is 71.3 Å². The van der Waals surface area contributed by atoms with Crippen LogP contribution in [0.3, 0.4) is 0 Å². The van der Waals surface area contributed by atoms with E-state index in [9.17, 15) is 5.26 Å². The number of anilines is 2. The number of hydrogen-bond acceptors (Lipinski definition) is 4. The van der Waals surface area contributed by atoms with Crippen molar-refractivity contribution < 1.29 is 4.40 Å². The van der Waals surface area contributed by atoms with Gasteiger partial charge in [-0.15, -0.1) is 5.10 Å². The summed E-state index contributed by atoms with van der Waals surface area (Å²) in [5.41, 5.74) is 12.6. The van der Waals surface area contributed by atoms with Crippen molar-refractivity contribution in [3.8, 4) is 6.07 Å². The Kier molecular flexibility index (Phi) is 5.02. The van der Waals surface area contributed by atoms with Gasteiger partial charge in [-0.1, -0.05) is 25.1 Å². The standard InChI is InChI=1S/C26H26N6/c1-4-20-17(2)21(15-27)25-29-22-9-5-6-10-24(22)32(25)26(20)30-28-16-18-11-12-23-19(14-18)8-7-13-31(23)3/h5-6,9-12,14,16H,4,7-8,13H2,1-3H3,(H,29,30)/p+1. The summed E-state index contributed by atoms with van der Waals surface area (Å²) in [6.07, 6.45) is 4.96. The van der Waals surface area contributed by atoms with E-state index in [4.69, 9.17) is 0 Å². The van der Waals surface area contributed by atoms with E-state index in [-0.39, 0.29) is 0 Å². The van der Waals surface area contributed by atoms with Crippen LogP contribution in [0.5, 0.6) is 0 Å². The van der Waals surface area contributed by atoms with Gasteiger partial charge in [0.2, 0.25) is 5.65 Å². The van der Waals surface area contributed by atoms with Gasteiger partial charge in [-0.05, 0) is 67.1 Å². The van der Waals surface area contributed by atoms with Gasteiger partial charge < -0.3 is 4.90 Å². The Bertz CT molecular complexity index is 1410. The number of benzene rings is 2. The highest BCUT2D eigenvalue weighted by molar-refractivity contribution is 5.82. The zero-order valence-electron chi connectivity index (χ0n) is 18.7. The van der Waals surface area contributed by atoms with Crippen LogP contribution >= 0.6 is 0 Å². The molecule has 2 N–H and O–H groups in total. The molecular formula is C26H27N6+. The number of nitrogens with zero attached hydrogens (tertiary/aromatic N) is 4. The number of fused-ring (bicyclic) bond motifs is 4. The van der Waals surface area contributed by atoms with Gasteiger partial charge in [0, 0.05) is 24.8 Å². The number of aromatic nitrogens is 2. The monoisotopic (exact) mass is 423 g/mol. The first kappa shape index (κ1) is 20.1. The molecule has 32 heavy (non-hydrogen) atoms. The molecule has 0 unspecified atom stereocenters. The molecule has 0 spiro atoms. The van der Waals surface area contributed by atoms with E-state index in [1.54, 1.807) is 0 Å². The van der Waals surface area contributed by atoms with Crippen molar-refractivity contribution in [1.82, 2.24) is 4.98 Å². The van der Waals surface area contributed by atoms with Crippen molar-refractivity contribution in [1.29, 1.82) is 5.26 Å². The van der Waals surface area contributed by atoms with E-state index in [1.165, 1.54) is 17.7 Å². The summed E-state index contributed by atoms with van der Waals surface area (Å²) in [7, 11) is 2.15. The second-order valence-corrected chi connectivity index (χ2v) is 8.40. The van der Waals surface area contributed by atoms with Crippen LogP contribution < -0.4 is 14.7 Å². The van der Waals surface area contributed by atoms with Gasteiger partial charge in [0.1, 0.15) is 22.7 Å². The van der Waals surface area contributed by atoms with Crippen LogP contribution in [0.2, 0.25) is 0 Å². The van der Waals surface area contributed by atoms with E-state index in [0.717, 1.165) is 58.6 Å². The van der Waals surface area contributed by atoms with Gasteiger partial charge in [0.05, 0.1) is 6.21 Å². The van der Waals surface area contributed by atoms with Gasteiger partial charge in [-0.2, -0.15) is 15.1 Å². The van der Waals surface area contributed by atoms with E-state index in [1.807, 2.05) is 31.3 Å². The Morgan fingerprint density at radius 2 is 2.12 bits per heavy atom. The number of imidazole rings is 1. The summed E-state index contributed by atoms with van der Waals surface area (Å²) >= 11 is 0. The Morgan fingerprint density at radius 1 is 1.28 bits per heavy atom. The lowest BCUT2D eigenvalue weighted by Crippen LogP contribution is -2.28. The van der Waals surface area contributed by atoms with Gasteiger partial charge in [-0.25, -0.2) is 0 Å². The minimum absolute atomic E-state index is 0.673. The zero-order chi connectivity index (χ0) is 22.2. The number of H-pyrrole nitrogens is 1. The third kappa shape index (κ3) is 3.18. The zero-order valence-corrected chi connectivity index (χ0v) is 18.7. The molecule has 1 aliphatic heterocycles. The number of hydrogen-bond donors (Lipinski definition) is 2. The fourth-order valence-electron chi connectivity index (χ4n) is 4.87. The summed E-state index contributed by atoms with van der Waals surface area (Å²) in [6, 6.07) is 17.0. The quantitative estimate of drug-likeness (QED) is 0.289. The van der Waals surface area contributed by atoms with Crippen molar-refractivity contribution in [3.05, 3.63) is 70.3 Å². The van der Waals surface area contributed by atoms with Crippen LogP contribution in [0.4, 0.5) is 11.5 Å². The second kappa shape index (κ2) is 8.01. The number of nitrogens with one attached hydrogen (secondary N) is 2. The van der Waals surface area contributed by atoms with E-state index in [0.29, 0.717) is 5.56 Å². The van der Waals surface area contributed by atoms with E-state index in [2.05, 4.69) is 69.1 Å². The van der Waals surface area contributed by atoms with Crippen LogP contribution in [-0.4, -0.2) is 24.8 Å². The smallest absolute Gasteiger partial charge is 0.253 e. The number of pyridine rings is 1. The SMILES string of the molecule is CCc1c(C)c(C#N)c2[nH]c3ccccc3[n+]2c1NN=Cc1ccc2c(c1)CCCN2C. The normalized spacial score (nSPS) is 13.6. The maximum absolute atomic E-state index is 9.86. The predicted molar refractivity (Wildman–Crippen MR) is 130 cm³/mol. The van der Waals surface area contributed by atoms with Gasteiger partial charge in [-0.3, -0.25) is 4.98 Å². The first-order valence-corrected chi connectivity index (χ1v) is 11.1. The average Bonchev–Trinajstić information content (AvgIpc) is 3.18. The molecule has 0 aliphatic carbocycles. The van der Waals surface area contributed by atoms with Crippen LogP contribution in [0.15, 0.2) is 47.6 Å². The van der Waals surface area contributed by atoms with E-state index >= 15 is 0 Å².